The van der Waals surface area contributed by atoms with Gasteiger partial charge in [-0.1, -0.05) is 29.8 Å². The number of halogens is 2. The lowest BCUT2D eigenvalue weighted by Crippen LogP contribution is -2.24. The van der Waals surface area contributed by atoms with Crippen LogP contribution in [0.4, 0.5) is 4.39 Å². The molecule has 18 heavy (non-hydrogen) atoms. The molecule has 0 radical (unpaired) electrons. The van der Waals surface area contributed by atoms with Gasteiger partial charge in [-0.3, -0.25) is 4.68 Å². The summed E-state index contributed by atoms with van der Waals surface area (Å²) in [6.45, 7) is 2.74. The third-order valence-electron chi connectivity index (χ3n) is 2.73. The molecule has 0 spiro atoms. The smallest absolute Gasteiger partial charge is 0.142 e. The standard InChI is InChI=1S/C12H14ClFN4/c1-3-15-12(11-7-16-17-18(11)2)8-4-5-9(13)10(14)6-8/h4-7,12,15H,3H2,1-2H3. The summed E-state index contributed by atoms with van der Waals surface area (Å²) in [7, 11) is 1.80. The first-order chi connectivity index (χ1) is 8.63. The highest BCUT2D eigenvalue weighted by Gasteiger charge is 2.18. The van der Waals surface area contributed by atoms with E-state index in [1.807, 2.05) is 6.92 Å². The highest BCUT2D eigenvalue weighted by molar-refractivity contribution is 6.30. The molecule has 1 unspecified atom stereocenters. The number of aryl methyl sites for hydroxylation is 1. The van der Waals surface area contributed by atoms with Crippen LogP contribution in [-0.4, -0.2) is 21.5 Å². The molecule has 1 atom stereocenters. The molecule has 0 saturated heterocycles. The van der Waals surface area contributed by atoms with E-state index in [0.29, 0.717) is 0 Å². The van der Waals surface area contributed by atoms with Crippen molar-refractivity contribution in [3.05, 3.63) is 46.5 Å². The maximum absolute atomic E-state index is 13.5. The van der Waals surface area contributed by atoms with Crippen LogP contribution in [0.1, 0.15) is 24.2 Å². The molecule has 1 aromatic carbocycles. The fourth-order valence-corrected chi connectivity index (χ4v) is 1.97. The zero-order chi connectivity index (χ0) is 13.1. The highest BCUT2D eigenvalue weighted by atomic mass is 35.5. The fraction of sp³-hybridized carbons (Fsp3) is 0.333. The topological polar surface area (TPSA) is 42.7 Å². The van der Waals surface area contributed by atoms with Crippen molar-refractivity contribution in [2.24, 2.45) is 7.05 Å². The van der Waals surface area contributed by atoms with Crippen molar-refractivity contribution in [1.29, 1.82) is 0 Å². The molecule has 0 bridgehead atoms. The molecule has 1 heterocycles. The lowest BCUT2D eigenvalue weighted by atomic mass is 10.0. The molecule has 0 aliphatic carbocycles. The third-order valence-corrected chi connectivity index (χ3v) is 3.04. The molecule has 1 aromatic heterocycles. The van der Waals surface area contributed by atoms with E-state index in [2.05, 4.69) is 15.6 Å². The normalized spacial score (nSPS) is 12.7. The number of hydrogen-bond acceptors (Lipinski definition) is 3. The van der Waals surface area contributed by atoms with E-state index in [0.717, 1.165) is 17.8 Å². The number of nitrogens with one attached hydrogen (secondary N) is 1. The summed E-state index contributed by atoms with van der Waals surface area (Å²) in [6.07, 6.45) is 1.67. The summed E-state index contributed by atoms with van der Waals surface area (Å²) in [4.78, 5) is 0. The molecule has 0 saturated carbocycles. The first-order valence-electron chi connectivity index (χ1n) is 5.66. The summed E-state index contributed by atoms with van der Waals surface area (Å²) in [5.41, 5.74) is 1.67. The van der Waals surface area contributed by atoms with Crippen molar-refractivity contribution < 1.29 is 4.39 Å². The second kappa shape index (κ2) is 5.46. The summed E-state index contributed by atoms with van der Waals surface area (Å²) in [5.74, 6) is -0.424. The van der Waals surface area contributed by atoms with Crippen LogP contribution in [0.2, 0.25) is 5.02 Å². The van der Waals surface area contributed by atoms with Crippen LogP contribution in [0.15, 0.2) is 24.4 Å². The lowest BCUT2D eigenvalue weighted by Gasteiger charge is -2.18. The average Bonchev–Trinajstić information content (AvgIpc) is 2.76. The lowest BCUT2D eigenvalue weighted by molar-refractivity contribution is 0.561. The molecule has 2 aromatic rings. The zero-order valence-corrected chi connectivity index (χ0v) is 10.9. The Bertz CT molecular complexity index is 541. The Balaban J connectivity index is 2.41. The van der Waals surface area contributed by atoms with Gasteiger partial charge in [0.25, 0.3) is 0 Å². The molecule has 1 N–H and O–H groups in total. The Kier molecular flexibility index (Phi) is 3.93. The second-order valence-corrected chi connectivity index (χ2v) is 4.35. The van der Waals surface area contributed by atoms with E-state index in [4.69, 9.17) is 11.6 Å². The van der Waals surface area contributed by atoms with E-state index >= 15 is 0 Å². The van der Waals surface area contributed by atoms with Gasteiger partial charge in [0, 0.05) is 7.05 Å². The molecule has 96 valence electrons. The summed E-state index contributed by atoms with van der Waals surface area (Å²) in [5, 5.41) is 11.1. The van der Waals surface area contributed by atoms with Gasteiger partial charge in [0.05, 0.1) is 23.0 Å². The number of nitrogens with zero attached hydrogens (tertiary/aromatic N) is 3. The Hall–Kier alpha value is -1.46. The van der Waals surface area contributed by atoms with Crippen molar-refractivity contribution in [1.82, 2.24) is 20.3 Å². The monoisotopic (exact) mass is 268 g/mol. The molecule has 6 heteroatoms. The maximum atomic E-state index is 13.5. The minimum Gasteiger partial charge on any atom is -0.305 e. The van der Waals surface area contributed by atoms with Gasteiger partial charge in [0.1, 0.15) is 5.82 Å². The zero-order valence-electron chi connectivity index (χ0n) is 10.2. The van der Waals surface area contributed by atoms with Crippen molar-refractivity contribution in [2.45, 2.75) is 13.0 Å². The maximum Gasteiger partial charge on any atom is 0.142 e. The average molecular weight is 269 g/mol. The Morgan fingerprint density at radius 1 is 1.50 bits per heavy atom. The van der Waals surface area contributed by atoms with Crippen LogP contribution in [0.5, 0.6) is 0 Å². The molecule has 0 amide bonds. The molecule has 0 aliphatic rings. The Labute approximate surface area is 110 Å². The molecule has 4 nitrogen and oxygen atoms in total. The van der Waals surface area contributed by atoms with E-state index in [1.54, 1.807) is 30.1 Å². The first kappa shape index (κ1) is 13.0. The predicted octanol–water partition coefficient (Wildman–Crippen LogP) is 2.31. The number of benzene rings is 1. The van der Waals surface area contributed by atoms with Crippen LogP contribution in [-0.2, 0) is 7.05 Å². The van der Waals surface area contributed by atoms with Gasteiger partial charge in [-0.15, -0.1) is 5.10 Å². The van der Waals surface area contributed by atoms with E-state index in [1.165, 1.54) is 6.07 Å². The molecule has 0 aliphatic heterocycles. The van der Waals surface area contributed by atoms with Crippen molar-refractivity contribution in [3.63, 3.8) is 0 Å². The minimum absolute atomic E-state index is 0.122. The molecular weight excluding hydrogens is 255 g/mol. The van der Waals surface area contributed by atoms with Crippen LogP contribution >= 0.6 is 11.6 Å². The van der Waals surface area contributed by atoms with Crippen molar-refractivity contribution in [3.8, 4) is 0 Å². The van der Waals surface area contributed by atoms with E-state index in [-0.39, 0.29) is 11.1 Å². The fourth-order valence-electron chi connectivity index (χ4n) is 1.85. The van der Waals surface area contributed by atoms with Crippen LogP contribution in [0.3, 0.4) is 0 Å². The molecular formula is C12H14ClFN4. The highest BCUT2D eigenvalue weighted by Crippen LogP contribution is 2.24. The SMILES string of the molecule is CCNC(c1ccc(Cl)c(F)c1)c1cnnn1C. The summed E-state index contributed by atoms with van der Waals surface area (Å²) >= 11 is 5.69. The van der Waals surface area contributed by atoms with Gasteiger partial charge in [0.15, 0.2) is 0 Å². The Morgan fingerprint density at radius 3 is 2.83 bits per heavy atom. The largest absolute Gasteiger partial charge is 0.305 e. The van der Waals surface area contributed by atoms with Gasteiger partial charge >= 0.3 is 0 Å². The number of rotatable bonds is 4. The van der Waals surface area contributed by atoms with Gasteiger partial charge in [0.2, 0.25) is 0 Å². The van der Waals surface area contributed by atoms with E-state index in [9.17, 15) is 4.39 Å². The first-order valence-corrected chi connectivity index (χ1v) is 6.04. The third kappa shape index (κ3) is 2.52. The second-order valence-electron chi connectivity index (χ2n) is 3.95. The number of hydrogen-bond donors (Lipinski definition) is 1. The minimum atomic E-state index is -0.424. The van der Waals surface area contributed by atoms with Gasteiger partial charge in [-0.25, -0.2) is 4.39 Å². The van der Waals surface area contributed by atoms with Gasteiger partial charge in [-0.05, 0) is 24.2 Å². The van der Waals surface area contributed by atoms with Crippen molar-refractivity contribution in [2.75, 3.05) is 6.54 Å². The van der Waals surface area contributed by atoms with Crippen LogP contribution in [0, 0.1) is 5.82 Å². The van der Waals surface area contributed by atoms with Crippen molar-refractivity contribution >= 4 is 11.6 Å². The number of aromatic nitrogens is 3. The summed E-state index contributed by atoms with van der Waals surface area (Å²) < 4.78 is 15.2. The van der Waals surface area contributed by atoms with Crippen LogP contribution in [0.25, 0.3) is 0 Å². The predicted molar refractivity (Wildman–Crippen MR) is 67.9 cm³/mol. The Morgan fingerprint density at radius 2 is 2.28 bits per heavy atom. The quantitative estimate of drug-likeness (QED) is 0.925. The summed E-state index contributed by atoms with van der Waals surface area (Å²) in [6, 6.07) is 4.64. The molecule has 0 fully saturated rings. The van der Waals surface area contributed by atoms with Gasteiger partial charge < -0.3 is 5.32 Å². The van der Waals surface area contributed by atoms with Crippen LogP contribution < -0.4 is 5.32 Å². The van der Waals surface area contributed by atoms with E-state index < -0.39 is 5.82 Å². The molecule has 2 rings (SSSR count). The van der Waals surface area contributed by atoms with Gasteiger partial charge in [-0.2, -0.15) is 0 Å².